The summed E-state index contributed by atoms with van der Waals surface area (Å²) in [6.45, 7) is 4.12. The van der Waals surface area contributed by atoms with E-state index in [4.69, 9.17) is 4.74 Å². The van der Waals surface area contributed by atoms with Gasteiger partial charge in [0, 0.05) is 26.2 Å². The first-order valence-corrected chi connectivity index (χ1v) is 7.16. The highest BCUT2D eigenvalue weighted by Crippen LogP contribution is 2.29. The Morgan fingerprint density at radius 1 is 1.42 bits per heavy atom. The Kier molecular flexibility index (Phi) is 6.87. The third-order valence-corrected chi connectivity index (χ3v) is 3.30. The van der Waals surface area contributed by atoms with E-state index in [1.165, 1.54) is 0 Å². The van der Waals surface area contributed by atoms with E-state index in [0.717, 1.165) is 28.9 Å². The standard InChI is InChI=1S/C14H21BrN2O2/c1-4-16-10-11-6-5-7-12(15)14(11)19-9-8-13(18)17(2)3/h5-7,16H,4,8-10H2,1-3H3. The predicted octanol–water partition coefficient (Wildman–Crippen LogP) is 2.42. The third kappa shape index (κ3) is 5.20. The van der Waals surface area contributed by atoms with Gasteiger partial charge < -0.3 is 15.0 Å². The van der Waals surface area contributed by atoms with Crippen LogP contribution in [0, 0.1) is 0 Å². The Morgan fingerprint density at radius 2 is 2.16 bits per heavy atom. The van der Waals surface area contributed by atoms with Crippen LogP contribution < -0.4 is 10.1 Å². The molecule has 0 radical (unpaired) electrons. The zero-order chi connectivity index (χ0) is 14.3. The molecule has 1 N–H and O–H groups in total. The minimum absolute atomic E-state index is 0.0697. The van der Waals surface area contributed by atoms with Gasteiger partial charge in [-0.15, -0.1) is 0 Å². The van der Waals surface area contributed by atoms with Crippen LogP contribution in [0.2, 0.25) is 0 Å². The van der Waals surface area contributed by atoms with E-state index in [1.807, 2.05) is 18.2 Å². The number of rotatable bonds is 7. The number of hydrogen-bond acceptors (Lipinski definition) is 3. The molecule has 0 saturated heterocycles. The van der Waals surface area contributed by atoms with Crippen molar-refractivity contribution in [1.29, 1.82) is 0 Å². The van der Waals surface area contributed by atoms with Gasteiger partial charge in [-0.25, -0.2) is 0 Å². The number of nitrogens with zero attached hydrogens (tertiary/aromatic N) is 1. The molecule has 5 heteroatoms. The minimum atomic E-state index is 0.0697. The molecule has 0 unspecified atom stereocenters. The van der Waals surface area contributed by atoms with Gasteiger partial charge in [0.15, 0.2) is 0 Å². The zero-order valence-corrected chi connectivity index (χ0v) is 13.3. The molecule has 1 amide bonds. The van der Waals surface area contributed by atoms with E-state index < -0.39 is 0 Å². The average molecular weight is 329 g/mol. The first kappa shape index (κ1) is 16.0. The van der Waals surface area contributed by atoms with Crippen molar-refractivity contribution in [3.8, 4) is 5.75 Å². The van der Waals surface area contributed by atoms with E-state index in [1.54, 1.807) is 19.0 Å². The summed E-state index contributed by atoms with van der Waals surface area (Å²) < 4.78 is 6.67. The molecule has 1 aromatic carbocycles. The Bertz CT molecular complexity index is 422. The number of para-hydroxylation sites is 1. The van der Waals surface area contributed by atoms with Crippen LogP contribution in [-0.4, -0.2) is 38.1 Å². The van der Waals surface area contributed by atoms with E-state index in [9.17, 15) is 4.79 Å². The van der Waals surface area contributed by atoms with Gasteiger partial charge >= 0.3 is 0 Å². The topological polar surface area (TPSA) is 41.6 Å². The number of carbonyl (C=O) groups excluding carboxylic acids is 1. The fourth-order valence-electron chi connectivity index (χ4n) is 1.58. The highest BCUT2D eigenvalue weighted by molar-refractivity contribution is 9.10. The molecule has 0 saturated carbocycles. The molecule has 106 valence electrons. The molecule has 4 nitrogen and oxygen atoms in total. The lowest BCUT2D eigenvalue weighted by Crippen LogP contribution is -2.23. The minimum Gasteiger partial charge on any atom is -0.492 e. The van der Waals surface area contributed by atoms with Crippen molar-refractivity contribution >= 4 is 21.8 Å². The van der Waals surface area contributed by atoms with Crippen molar-refractivity contribution in [1.82, 2.24) is 10.2 Å². The predicted molar refractivity (Wildman–Crippen MR) is 80.3 cm³/mol. The van der Waals surface area contributed by atoms with Crippen molar-refractivity contribution in [2.75, 3.05) is 27.2 Å². The lowest BCUT2D eigenvalue weighted by Gasteiger charge is -2.15. The summed E-state index contributed by atoms with van der Waals surface area (Å²) in [5.41, 5.74) is 1.09. The number of nitrogens with one attached hydrogen (secondary N) is 1. The molecule has 0 bridgehead atoms. The van der Waals surface area contributed by atoms with Crippen molar-refractivity contribution in [3.05, 3.63) is 28.2 Å². The molecular weight excluding hydrogens is 308 g/mol. The van der Waals surface area contributed by atoms with Crippen LogP contribution in [0.3, 0.4) is 0 Å². The largest absolute Gasteiger partial charge is 0.492 e. The smallest absolute Gasteiger partial charge is 0.225 e. The van der Waals surface area contributed by atoms with Gasteiger partial charge in [-0.05, 0) is 28.5 Å². The van der Waals surface area contributed by atoms with Gasteiger partial charge in [-0.3, -0.25) is 4.79 Å². The zero-order valence-electron chi connectivity index (χ0n) is 11.7. The Hall–Kier alpha value is -1.07. The SMILES string of the molecule is CCNCc1cccc(Br)c1OCCC(=O)N(C)C. The molecule has 19 heavy (non-hydrogen) atoms. The molecule has 1 rings (SSSR count). The summed E-state index contributed by atoms with van der Waals surface area (Å²) in [7, 11) is 3.49. The second-order valence-corrected chi connectivity index (χ2v) is 5.25. The summed E-state index contributed by atoms with van der Waals surface area (Å²) in [6, 6.07) is 5.95. The van der Waals surface area contributed by atoms with Gasteiger partial charge in [-0.1, -0.05) is 19.1 Å². The van der Waals surface area contributed by atoms with Gasteiger partial charge in [0.2, 0.25) is 5.91 Å². The summed E-state index contributed by atoms with van der Waals surface area (Å²) in [5.74, 6) is 0.885. The van der Waals surface area contributed by atoms with Gasteiger partial charge in [0.25, 0.3) is 0 Å². The van der Waals surface area contributed by atoms with Crippen LogP contribution in [0.1, 0.15) is 18.9 Å². The number of benzene rings is 1. The molecule has 0 aliphatic carbocycles. The normalized spacial score (nSPS) is 10.3. The molecule has 1 aromatic rings. The van der Waals surface area contributed by atoms with Crippen LogP contribution >= 0.6 is 15.9 Å². The van der Waals surface area contributed by atoms with Gasteiger partial charge in [-0.2, -0.15) is 0 Å². The lowest BCUT2D eigenvalue weighted by atomic mass is 10.2. The van der Waals surface area contributed by atoms with Crippen LogP contribution in [0.25, 0.3) is 0 Å². The summed E-state index contributed by atoms with van der Waals surface area (Å²) in [6.07, 6.45) is 0.384. The molecule has 0 heterocycles. The van der Waals surface area contributed by atoms with Gasteiger partial charge in [0.05, 0.1) is 17.5 Å². The second kappa shape index (κ2) is 8.17. The molecular formula is C14H21BrN2O2. The van der Waals surface area contributed by atoms with E-state index in [-0.39, 0.29) is 5.91 Å². The molecule has 0 atom stereocenters. The molecule has 0 fully saturated rings. The molecule has 0 aromatic heterocycles. The average Bonchev–Trinajstić information content (AvgIpc) is 2.38. The van der Waals surface area contributed by atoms with Crippen molar-refractivity contribution in [2.45, 2.75) is 19.9 Å². The highest BCUT2D eigenvalue weighted by atomic mass is 79.9. The maximum Gasteiger partial charge on any atom is 0.225 e. The van der Waals surface area contributed by atoms with E-state index in [2.05, 4.69) is 28.2 Å². The highest BCUT2D eigenvalue weighted by Gasteiger charge is 2.09. The first-order chi connectivity index (χ1) is 9.06. The van der Waals surface area contributed by atoms with Crippen LogP contribution in [0.4, 0.5) is 0 Å². The summed E-state index contributed by atoms with van der Waals surface area (Å²) in [5, 5.41) is 3.27. The quantitative estimate of drug-likeness (QED) is 0.835. The number of ether oxygens (including phenoxy) is 1. The Balaban J connectivity index is 2.63. The van der Waals surface area contributed by atoms with Crippen LogP contribution in [-0.2, 0) is 11.3 Å². The van der Waals surface area contributed by atoms with E-state index >= 15 is 0 Å². The Labute approximate surface area is 123 Å². The monoisotopic (exact) mass is 328 g/mol. The molecule has 0 aliphatic heterocycles. The summed E-state index contributed by atoms with van der Waals surface area (Å²) in [4.78, 5) is 13.1. The molecule has 0 aliphatic rings. The maximum absolute atomic E-state index is 11.5. The molecule has 0 spiro atoms. The number of hydrogen-bond donors (Lipinski definition) is 1. The summed E-state index contributed by atoms with van der Waals surface area (Å²) >= 11 is 3.49. The lowest BCUT2D eigenvalue weighted by molar-refractivity contribution is -0.129. The number of carbonyl (C=O) groups is 1. The van der Waals surface area contributed by atoms with Crippen LogP contribution in [0.15, 0.2) is 22.7 Å². The number of halogens is 1. The second-order valence-electron chi connectivity index (χ2n) is 4.40. The Morgan fingerprint density at radius 3 is 2.79 bits per heavy atom. The van der Waals surface area contributed by atoms with Gasteiger partial charge in [0.1, 0.15) is 5.75 Å². The van der Waals surface area contributed by atoms with Crippen molar-refractivity contribution < 1.29 is 9.53 Å². The maximum atomic E-state index is 11.5. The third-order valence-electron chi connectivity index (χ3n) is 2.68. The fourth-order valence-corrected chi connectivity index (χ4v) is 2.10. The van der Waals surface area contributed by atoms with Crippen LogP contribution in [0.5, 0.6) is 5.75 Å². The van der Waals surface area contributed by atoms with E-state index in [0.29, 0.717) is 13.0 Å². The fraction of sp³-hybridized carbons (Fsp3) is 0.500. The first-order valence-electron chi connectivity index (χ1n) is 6.37. The number of amides is 1. The van der Waals surface area contributed by atoms with Crippen molar-refractivity contribution in [3.63, 3.8) is 0 Å². The van der Waals surface area contributed by atoms with Crippen molar-refractivity contribution in [2.24, 2.45) is 0 Å².